The normalized spacial score (nSPS) is 22.3. The molecule has 1 aliphatic rings. The number of hydrogen-bond acceptors (Lipinski definition) is 3. The lowest BCUT2D eigenvalue weighted by Crippen LogP contribution is -2.45. The van der Waals surface area contributed by atoms with Crippen LogP contribution in [0.1, 0.15) is 24.1 Å². The molecule has 1 aromatic carbocycles. The minimum absolute atomic E-state index is 0.0603. The third-order valence-corrected chi connectivity index (χ3v) is 4.91. The van der Waals surface area contributed by atoms with Gasteiger partial charge in [0.25, 0.3) is 0 Å². The topological polar surface area (TPSA) is 29.3 Å². The highest BCUT2D eigenvalue weighted by molar-refractivity contribution is 7.99. The van der Waals surface area contributed by atoms with Crippen molar-refractivity contribution in [2.24, 2.45) is 5.73 Å². The van der Waals surface area contributed by atoms with Crippen molar-refractivity contribution in [3.8, 4) is 0 Å². The van der Waals surface area contributed by atoms with E-state index in [0.717, 1.165) is 17.6 Å². The molecule has 2 atom stereocenters. The van der Waals surface area contributed by atoms with Crippen LogP contribution in [0.25, 0.3) is 0 Å². The molecule has 0 saturated carbocycles. The van der Waals surface area contributed by atoms with Gasteiger partial charge in [-0.05, 0) is 24.6 Å². The molecule has 1 fully saturated rings. The summed E-state index contributed by atoms with van der Waals surface area (Å²) in [7, 11) is 0. The van der Waals surface area contributed by atoms with E-state index in [2.05, 4.69) is 0 Å². The van der Waals surface area contributed by atoms with Crippen molar-refractivity contribution >= 4 is 11.8 Å². The number of hydrogen-bond donors (Lipinski definition) is 1. The fourth-order valence-corrected chi connectivity index (χ4v) is 3.75. The number of thioether (sulfide) groups is 1. The van der Waals surface area contributed by atoms with Crippen molar-refractivity contribution in [3.05, 3.63) is 35.1 Å². The van der Waals surface area contributed by atoms with Crippen molar-refractivity contribution in [2.75, 3.05) is 24.6 Å². The zero-order chi connectivity index (χ0) is 15.6. The molecule has 1 heterocycles. The van der Waals surface area contributed by atoms with Gasteiger partial charge in [0.1, 0.15) is 5.82 Å². The predicted molar refractivity (Wildman–Crippen MR) is 76.7 cm³/mol. The number of benzene rings is 1. The molecule has 0 aromatic heterocycles. The Labute approximate surface area is 125 Å². The summed E-state index contributed by atoms with van der Waals surface area (Å²) < 4.78 is 52.7. The van der Waals surface area contributed by atoms with Crippen LogP contribution in [0, 0.1) is 5.82 Å². The molecule has 1 aromatic rings. The van der Waals surface area contributed by atoms with E-state index in [-0.39, 0.29) is 18.2 Å². The molecule has 1 saturated heterocycles. The second kappa shape index (κ2) is 6.54. The van der Waals surface area contributed by atoms with Crippen LogP contribution in [0.3, 0.4) is 0 Å². The lowest BCUT2D eigenvalue weighted by molar-refractivity contribution is -0.139. The average molecular weight is 322 g/mol. The lowest BCUT2D eigenvalue weighted by Gasteiger charge is -2.39. The molecular weight excluding hydrogens is 304 g/mol. The largest absolute Gasteiger partial charge is 0.416 e. The summed E-state index contributed by atoms with van der Waals surface area (Å²) in [6.07, 6.45) is -4.58. The summed E-state index contributed by atoms with van der Waals surface area (Å²) in [5.74, 6) is 0.840. The van der Waals surface area contributed by atoms with Crippen LogP contribution < -0.4 is 5.73 Å². The van der Waals surface area contributed by atoms with Crippen LogP contribution in [0.2, 0.25) is 0 Å². The highest BCUT2D eigenvalue weighted by Gasteiger charge is 2.37. The van der Waals surface area contributed by atoms with Gasteiger partial charge in [-0.25, -0.2) is 4.39 Å². The van der Waals surface area contributed by atoms with Crippen LogP contribution in [-0.2, 0) is 6.18 Å². The highest BCUT2D eigenvalue weighted by atomic mass is 32.2. The van der Waals surface area contributed by atoms with E-state index >= 15 is 0 Å². The minimum Gasteiger partial charge on any atom is -0.329 e. The molecule has 7 heteroatoms. The fourth-order valence-electron chi connectivity index (χ4n) is 2.71. The predicted octanol–water partition coefficient (Wildman–Crippen LogP) is 3.28. The Morgan fingerprint density at radius 2 is 2.14 bits per heavy atom. The van der Waals surface area contributed by atoms with E-state index in [0.29, 0.717) is 12.6 Å². The maximum absolute atomic E-state index is 13.2. The maximum atomic E-state index is 13.2. The monoisotopic (exact) mass is 322 g/mol. The van der Waals surface area contributed by atoms with Crippen molar-refractivity contribution in [3.63, 3.8) is 0 Å². The molecule has 0 amide bonds. The van der Waals surface area contributed by atoms with Crippen molar-refractivity contribution in [1.82, 2.24) is 4.90 Å². The fraction of sp³-hybridized carbons (Fsp3) is 0.571. The number of rotatable bonds is 3. The van der Waals surface area contributed by atoms with E-state index in [4.69, 9.17) is 5.73 Å². The van der Waals surface area contributed by atoms with Crippen LogP contribution >= 0.6 is 11.8 Å². The molecule has 1 aliphatic heterocycles. The van der Waals surface area contributed by atoms with E-state index in [1.165, 1.54) is 6.07 Å². The summed E-state index contributed by atoms with van der Waals surface area (Å²) >= 11 is 1.78. The van der Waals surface area contributed by atoms with Gasteiger partial charge in [0.05, 0.1) is 5.56 Å². The molecule has 21 heavy (non-hydrogen) atoms. The zero-order valence-electron chi connectivity index (χ0n) is 11.7. The van der Waals surface area contributed by atoms with Crippen molar-refractivity contribution < 1.29 is 17.6 Å². The average Bonchev–Trinajstić information content (AvgIpc) is 2.42. The van der Waals surface area contributed by atoms with Gasteiger partial charge in [-0.1, -0.05) is 6.07 Å². The molecule has 2 unspecified atom stereocenters. The molecule has 0 spiro atoms. The smallest absolute Gasteiger partial charge is 0.329 e. The summed E-state index contributed by atoms with van der Waals surface area (Å²) in [6.45, 7) is 2.73. The Kier molecular flexibility index (Phi) is 5.16. The quantitative estimate of drug-likeness (QED) is 0.866. The Bertz CT molecular complexity index is 492. The molecule has 2 N–H and O–H groups in total. The van der Waals surface area contributed by atoms with Gasteiger partial charge < -0.3 is 5.73 Å². The first kappa shape index (κ1) is 16.6. The van der Waals surface area contributed by atoms with Gasteiger partial charge in [-0.15, -0.1) is 0 Å². The molecule has 0 bridgehead atoms. The van der Waals surface area contributed by atoms with Crippen LogP contribution in [-0.4, -0.2) is 35.5 Å². The summed E-state index contributed by atoms with van der Waals surface area (Å²) in [4.78, 5) is 1.99. The third-order valence-electron chi connectivity index (χ3n) is 3.72. The number of nitrogens with two attached hydrogens (primary N) is 1. The van der Waals surface area contributed by atoms with Gasteiger partial charge in [0.2, 0.25) is 0 Å². The molecule has 0 radical (unpaired) electrons. The Balaban J connectivity index is 2.42. The van der Waals surface area contributed by atoms with Crippen molar-refractivity contribution in [1.29, 1.82) is 0 Å². The molecule has 118 valence electrons. The van der Waals surface area contributed by atoms with Crippen molar-refractivity contribution in [2.45, 2.75) is 25.2 Å². The Morgan fingerprint density at radius 3 is 2.71 bits per heavy atom. The van der Waals surface area contributed by atoms with Gasteiger partial charge >= 0.3 is 6.18 Å². The van der Waals surface area contributed by atoms with Gasteiger partial charge in [0.15, 0.2) is 0 Å². The van der Waals surface area contributed by atoms with E-state index < -0.39 is 23.6 Å². The maximum Gasteiger partial charge on any atom is 0.416 e. The summed E-state index contributed by atoms with van der Waals surface area (Å²) in [5, 5.41) is 0. The molecular formula is C14H18F4N2S. The molecule has 0 aliphatic carbocycles. The van der Waals surface area contributed by atoms with E-state index in [1.54, 1.807) is 11.8 Å². The third kappa shape index (κ3) is 3.70. The SMILES string of the molecule is CC1CSCCN1C(CN)c1ccc(F)cc1C(F)(F)F. The standard InChI is InChI=1S/C14H18F4N2S/c1-9-8-21-5-4-20(9)13(7-19)11-3-2-10(15)6-12(11)14(16,17)18/h2-3,6,9,13H,4-5,7-8,19H2,1H3. The second-order valence-electron chi connectivity index (χ2n) is 5.14. The van der Waals surface area contributed by atoms with Gasteiger partial charge in [-0.3, -0.25) is 4.90 Å². The number of nitrogens with zero attached hydrogens (tertiary/aromatic N) is 1. The first-order valence-electron chi connectivity index (χ1n) is 6.74. The van der Waals surface area contributed by atoms with Crippen LogP contribution in [0.4, 0.5) is 17.6 Å². The van der Waals surface area contributed by atoms with Gasteiger partial charge in [-0.2, -0.15) is 24.9 Å². The van der Waals surface area contributed by atoms with Crippen LogP contribution in [0.5, 0.6) is 0 Å². The summed E-state index contributed by atoms with van der Waals surface area (Å²) in [6, 6.07) is 2.43. The first-order valence-corrected chi connectivity index (χ1v) is 7.90. The minimum atomic E-state index is -4.58. The van der Waals surface area contributed by atoms with E-state index in [1.807, 2.05) is 11.8 Å². The number of alkyl halides is 3. The molecule has 2 rings (SSSR count). The highest BCUT2D eigenvalue weighted by Crippen LogP contribution is 2.38. The zero-order valence-corrected chi connectivity index (χ0v) is 12.5. The van der Waals surface area contributed by atoms with Gasteiger partial charge in [0, 0.05) is 36.7 Å². The Morgan fingerprint density at radius 1 is 1.43 bits per heavy atom. The van der Waals surface area contributed by atoms with E-state index in [9.17, 15) is 17.6 Å². The number of halogens is 4. The Hall–Kier alpha value is -0.790. The summed E-state index contributed by atoms with van der Waals surface area (Å²) in [5.41, 5.74) is 4.87. The lowest BCUT2D eigenvalue weighted by atomic mass is 9.97. The van der Waals surface area contributed by atoms with Crippen LogP contribution in [0.15, 0.2) is 18.2 Å². The molecule has 2 nitrogen and oxygen atoms in total. The second-order valence-corrected chi connectivity index (χ2v) is 6.29. The first-order chi connectivity index (χ1) is 9.84.